The lowest BCUT2D eigenvalue weighted by Crippen LogP contribution is -2.44. The summed E-state index contributed by atoms with van der Waals surface area (Å²) < 4.78 is 26.8. The van der Waals surface area contributed by atoms with Crippen molar-refractivity contribution in [2.75, 3.05) is 36.7 Å². The SMILES string of the molecule is CCCCC/C=C\C/C=C\C/C=C\C/C=C\C/C=C\CCC(=O)OCOc1ccnc(N(C)C2CCN(c3nc4ccccc4n3Cc3ccc(F)cc3)CC2)n1. The molecule has 1 saturated heterocycles. The molecule has 0 radical (unpaired) electrons. The number of nitrogens with zero attached hydrogens (tertiary/aromatic N) is 6. The Balaban J connectivity index is 0.960. The third kappa shape index (κ3) is 14.5. The minimum absolute atomic E-state index is 0.206. The van der Waals surface area contributed by atoms with Gasteiger partial charge in [0.25, 0.3) is 0 Å². The lowest BCUT2D eigenvalue weighted by molar-refractivity contribution is -0.150. The second kappa shape index (κ2) is 24.2. The molecule has 0 amide bonds. The lowest BCUT2D eigenvalue weighted by Gasteiger charge is -2.37. The third-order valence-electron chi connectivity index (χ3n) is 9.95. The Hall–Kier alpha value is -5.51. The van der Waals surface area contributed by atoms with Crippen molar-refractivity contribution in [3.05, 3.63) is 133 Å². The number of benzene rings is 2. The zero-order valence-corrected chi connectivity index (χ0v) is 33.7. The Bertz CT molecular complexity index is 1940. The summed E-state index contributed by atoms with van der Waals surface area (Å²) in [6.07, 6.45) is 34.9. The molecule has 2 aromatic carbocycles. The number of esters is 1. The van der Waals surface area contributed by atoms with E-state index in [1.165, 1.54) is 37.8 Å². The van der Waals surface area contributed by atoms with Crippen LogP contribution < -0.4 is 14.5 Å². The van der Waals surface area contributed by atoms with Gasteiger partial charge < -0.3 is 23.8 Å². The van der Waals surface area contributed by atoms with Crippen LogP contribution in [0.15, 0.2) is 122 Å². The van der Waals surface area contributed by atoms with Crippen LogP contribution in [0, 0.1) is 5.82 Å². The number of imidazole rings is 1. The van der Waals surface area contributed by atoms with Gasteiger partial charge in [-0.1, -0.05) is 105 Å². The van der Waals surface area contributed by atoms with Gasteiger partial charge in [0.15, 0.2) is 0 Å². The van der Waals surface area contributed by atoms with Crippen LogP contribution in [0.2, 0.25) is 0 Å². The molecule has 0 saturated carbocycles. The van der Waals surface area contributed by atoms with Crippen molar-refractivity contribution in [1.82, 2.24) is 19.5 Å². The van der Waals surface area contributed by atoms with E-state index in [9.17, 15) is 9.18 Å². The summed E-state index contributed by atoms with van der Waals surface area (Å²) in [7, 11) is 2.00. The van der Waals surface area contributed by atoms with Crippen LogP contribution in [0.4, 0.5) is 16.3 Å². The molecule has 10 heteroatoms. The normalized spacial score (nSPS) is 14.1. The Morgan fingerprint density at radius 1 is 0.825 bits per heavy atom. The molecule has 0 unspecified atom stereocenters. The number of rotatable bonds is 23. The number of unbranched alkanes of at least 4 members (excludes halogenated alkanes) is 3. The average Bonchev–Trinajstić information content (AvgIpc) is 3.60. The van der Waals surface area contributed by atoms with Gasteiger partial charge in [0.05, 0.1) is 17.6 Å². The van der Waals surface area contributed by atoms with Crippen molar-refractivity contribution in [3.63, 3.8) is 0 Å². The lowest BCUT2D eigenvalue weighted by atomic mass is 10.0. The molecule has 3 heterocycles. The molecule has 1 aliphatic heterocycles. The number of carbonyl (C=O) groups is 1. The predicted molar refractivity (Wildman–Crippen MR) is 230 cm³/mol. The molecule has 0 atom stereocenters. The quantitative estimate of drug-likeness (QED) is 0.0319. The van der Waals surface area contributed by atoms with Crippen LogP contribution in [0.3, 0.4) is 0 Å². The minimum atomic E-state index is -0.318. The molecule has 9 nitrogen and oxygen atoms in total. The Kier molecular flexibility index (Phi) is 18.1. The number of hydrogen-bond donors (Lipinski definition) is 0. The minimum Gasteiger partial charge on any atom is -0.440 e. The van der Waals surface area contributed by atoms with E-state index in [2.05, 4.69) is 92.0 Å². The third-order valence-corrected chi connectivity index (χ3v) is 9.95. The number of fused-ring (bicyclic) bond motifs is 1. The zero-order chi connectivity index (χ0) is 39.9. The fourth-order valence-corrected chi connectivity index (χ4v) is 6.69. The van der Waals surface area contributed by atoms with Crippen molar-refractivity contribution >= 4 is 28.9 Å². The second-order valence-corrected chi connectivity index (χ2v) is 14.2. The summed E-state index contributed by atoms with van der Waals surface area (Å²) >= 11 is 0. The van der Waals surface area contributed by atoms with Gasteiger partial charge in [0.2, 0.25) is 24.6 Å². The number of para-hydroxylation sites is 2. The Morgan fingerprint density at radius 2 is 1.47 bits per heavy atom. The molecule has 1 aliphatic rings. The highest BCUT2D eigenvalue weighted by atomic mass is 19.1. The smallest absolute Gasteiger partial charge is 0.308 e. The van der Waals surface area contributed by atoms with Gasteiger partial charge in [-0.3, -0.25) is 4.79 Å². The fourth-order valence-electron chi connectivity index (χ4n) is 6.69. The first-order chi connectivity index (χ1) is 28.0. The standard InChI is InChI=1S/C47H59FN6O3/c1-3-4-5-6-7-8-9-10-11-12-13-14-15-16-17-18-19-20-21-26-45(55)57-38-56-44-31-34-49-46(51-44)52(2)41-32-35-53(36-33-41)47-50-42-24-22-23-25-43(42)54(47)37-39-27-29-40(48)30-28-39/h7-8,10-11,13-14,16-17,19-20,22-25,27-31,34,41H,3-6,9,12,15,18,21,26,32-33,35-38H2,1-2H3/b8-7-,11-10-,14-13-,17-16-,20-19-. The van der Waals surface area contributed by atoms with Gasteiger partial charge in [-0.2, -0.15) is 4.98 Å². The molecule has 4 aromatic rings. The summed E-state index contributed by atoms with van der Waals surface area (Å²) in [6.45, 7) is 4.26. The Labute approximate surface area is 338 Å². The summed E-state index contributed by atoms with van der Waals surface area (Å²) in [4.78, 5) is 30.8. The summed E-state index contributed by atoms with van der Waals surface area (Å²) in [5, 5.41) is 0. The first-order valence-corrected chi connectivity index (χ1v) is 20.6. The highest BCUT2D eigenvalue weighted by molar-refractivity contribution is 5.79. The number of anilines is 2. The van der Waals surface area contributed by atoms with Gasteiger partial charge >= 0.3 is 5.97 Å². The molecule has 0 N–H and O–H groups in total. The van der Waals surface area contributed by atoms with Gasteiger partial charge in [0, 0.05) is 44.9 Å². The van der Waals surface area contributed by atoms with Crippen molar-refractivity contribution in [1.29, 1.82) is 0 Å². The molecule has 302 valence electrons. The molecular weight excluding hydrogens is 716 g/mol. The maximum absolute atomic E-state index is 13.6. The number of allylic oxidation sites excluding steroid dienone is 10. The van der Waals surface area contributed by atoms with Gasteiger partial charge in [-0.15, -0.1) is 0 Å². The van der Waals surface area contributed by atoms with Crippen LogP contribution in [0.25, 0.3) is 11.0 Å². The van der Waals surface area contributed by atoms with E-state index in [0.29, 0.717) is 24.8 Å². The first kappa shape index (κ1) is 42.6. The summed E-state index contributed by atoms with van der Waals surface area (Å²) in [6, 6.07) is 16.7. The predicted octanol–water partition coefficient (Wildman–Crippen LogP) is 10.7. The van der Waals surface area contributed by atoms with Crippen LogP contribution in [0.1, 0.15) is 89.5 Å². The van der Waals surface area contributed by atoms with E-state index >= 15 is 0 Å². The zero-order valence-electron chi connectivity index (χ0n) is 33.7. The second-order valence-electron chi connectivity index (χ2n) is 14.2. The molecule has 1 fully saturated rings. The number of aromatic nitrogens is 4. The number of halogens is 1. The van der Waals surface area contributed by atoms with Crippen LogP contribution >= 0.6 is 0 Å². The fraction of sp³-hybridized carbons (Fsp3) is 0.404. The van der Waals surface area contributed by atoms with E-state index < -0.39 is 0 Å². The van der Waals surface area contributed by atoms with Crippen molar-refractivity contribution in [2.45, 2.75) is 96.6 Å². The number of hydrogen-bond acceptors (Lipinski definition) is 8. The van der Waals surface area contributed by atoms with Crippen molar-refractivity contribution < 1.29 is 18.7 Å². The molecule has 0 bridgehead atoms. The van der Waals surface area contributed by atoms with Crippen LogP contribution in [0.5, 0.6) is 5.88 Å². The molecule has 57 heavy (non-hydrogen) atoms. The Morgan fingerprint density at radius 3 is 2.16 bits per heavy atom. The summed E-state index contributed by atoms with van der Waals surface area (Å²) in [5.41, 5.74) is 3.01. The van der Waals surface area contributed by atoms with Gasteiger partial charge in [-0.25, -0.2) is 14.4 Å². The van der Waals surface area contributed by atoms with E-state index in [-0.39, 0.29) is 31.0 Å². The van der Waals surface area contributed by atoms with Gasteiger partial charge in [-0.05, 0) is 87.6 Å². The monoisotopic (exact) mass is 774 g/mol. The number of ether oxygens (including phenoxy) is 2. The van der Waals surface area contributed by atoms with Crippen LogP contribution in [-0.4, -0.2) is 58.5 Å². The van der Waals surface area contributed by atoms with E-state index in [1.54, 1.807) is 12.3 Å². The van der Waals surface area contributed by atoms with Crippen molar-refractivity contribution in [2.24, 2.45) is 0 Å². The van der Waals surface area contributed by atoms with Crippen molar-refractivity contribution in [3.8, 4) is 5.88 Å². The first-order valence-electron chi connectivity index (χ1n) is 20.6. The molecule has 0 spiro atoms. The van der Waals surface area contributed by atoms with E-state index in [4.69, 9.17) is 14.5 Å². The average molecular weight is 775 g/mol. The molecule has 2 aromatic heterocycles. The maximum Gasteiger partial charge on any atom is 0.308 e. The highest BCUT2D eigenvalue weighted by Gasteiger charge is 2.27. The largest absolute Gasteiger partial charge is 0.440 e. The number of piperidine rings is 1. The number of carbonyl (C=O) groups excluding carboxylic acids is 1. The highest BCUT2D eigenvalue weighted by Crippen LogP contribution is 2.28. The summed E-state index contributed by atoms with van der Waals surface area (Å²) in [5.74, 6) is 1.27. The molecule has 5 rings (SSSR count). The van der Waals surface area contributed by atoms with E-state index in [1.807, 2.05) is 43.5 Å². The molecular formula is C47H59FN6O3. The topological polar surface area (TPSA) is 85.6 Å². The maximum atomic E-state index is 13.6. The van der Waals surface area contributed by atoms with Gasteiger partial charge in [0.1, 0.15) is 5.82 Å². The van der Waals surface area contributed by atoms with Crippen LogP contribution in [-0.2, 0) is 16.1 Å². The van der Waals surface area contributed by atoms with E-state index in [0.717, 1.165) is 74.2 Å². The molecule has 0 aliphatic carbocycles.